The number of carbonyl (C=O) groups is 2. The van der Waals surface area contributed by atoms with Crippen molar-refractivity contribution < 1.29 is 9.59 Å². The Labute approximate surface area is 154 Å². The fraction of sp³-hybridized carbons (Fsp3) is 0. The van der Waals surface area contributed by atoms with E-state index < -0.39 is 11.8 Å². The van der Waals surface area contributed by atoms with Crippen LogP contribution in [0.1, 0.15) is 5.56 Å². The summed E-state index contributed by atoms with van der Waals surface area (Å²) in [6.45, 7) is 0. The number of nitrogens with zero attached hydrogens (tertiary/aromatic N) is 3. The standard InChI is InChI=1S/C18H14ClN5O2/c19-14-6-4-5-12(9-14)16-13(10-21-22-18(26)17(20)25)11-24(23-16)15-7-2-1-3-8-15/h1-11H,(H2,20,25)(H,22,26)/b21-10-. The topological polar surface area (TPSA) is 102 Å². The lowest BCUT2D eigenvalue weighted by Crippen LogP contribution is -2.32. The van der Waals surface area contributed by atoms with E-state index in [0.29, 0.717) is 16.3 Å². The summed E-state index contributed by atoms with van der Waals surface area (Å²) in [5.74, 6) is -2.11. The lowest BCUT2D eigenvalue weighted by atomic mass is 10.1. The second-order valence-electron chi connectivity index (χ2n) is 5.29. The summed E-state index contributed by atoms with van der Waals surface area (Å²) >= 11 is 6.08. The molecule has 0 bridgehead atoms. The Bertz CT molecular complexity index is 982. The van der Waals surface area contributed by atoms with Crippen molar-refractivity contribution in [2.24, 2.45) is 10.8 Å². The molecule has 0 aliphatic carbocycles. The van der Waals surface area contributed by atoms with Crippen LogP contribution in [0.3, 0.4) is 0 Å². The number of para-hydroxylation sites is 1. The second kappa shape index (κ2) is 7.62. The molecule has 7 nitrogen and oxygen atoms in total. The fourth-order valence-corrected chi connectivity index (χ4v) is 2.46. The highest BCUT2D eigenvalue weighted by atomic mass is 35.5. The van der Waals surface area contributed by atoms with E-state index in [1.807, 2.05) is 42.5 Å². The Morgan fingerprint density at radius 1 is 1.15 bits per heavy atom. The molecule has 0 atom stereocenters. The first-order chi connectivity index (χ1) is 12.5. The molecular weight excluding hydrogens is 354 g/mol. The van der Waals surface area contributed by atoms with E-state index in [2.05, 4.69) is 15.6 Å². The molecule has 0 fully saturated rings. The minimum atomic E-state index is -1.11. The third-order valence-corrected chi connectivity index (χ3v) is 3.69. The first-order valence-electron chi connectivity index (χ1n) is 7.58. The van der Waals surface area contributed by atoms with Gasteiger partial charge in [0.2, 0.25) is 0 Å². The van der Waals surface area contributed by atoms with Crippen LogP contribution in [-0.4, -0.2) is 27.8 Å². The number of benzene rings is 2. The SMILES string of the molecule is NC(=O)C(=O)N/N=C\c1cn(-c2ccccc2)nc1-c1cccc(Cl)c1. The molecule has 0 saturated heterocycles. The molecule has 0 radical (unpaired) electrons. The molecule has 8 heteroatoms. The molecule has 3 N–H and O–H groups in total. The van der Waals surface area contributed by atoms with Crippen LogP contribution < -0.4 is 11.2 Å². The van der Waals surface area contributed by atoms with Crippen LogP contribution in [0.25, 0.3) is 16.9 Å². The molecule has 26 heavy (non-hydrogen) atoms. The van der Waals surface area contributed by atoms with Crippen LogP contribution in [-0.2, 0) is 9.59 Å². The van der Waals surface area contributed by atoms with Crippen molar-refractivity contribution in [1.82, 2.24) is 15.2 Å². The summed E-state index contributed by atoms with van der Waals surface area (Å²) in [6, 6.07) is 16.7. The minimum absolute atomic E-state index is 0.571. The molecule has 0 saturated carbocycles. The summed E-state index contributed by atoms with van der Waals surface area (Å²) in [4.78, 5) is 22.0. The number of hydrazone groups is 1. The predicted octanol–water partition coefficient (Wildman–Crippen LogP) is 2.13. The molecule has 0 aliphatic rings. The first-order valence-corrected chi connectivity index (χ1v) is 7.96. The van der Waals surface area contributed by atoms with Crippen molar-refractivity contribution in [2.45, 2.75) is 0 Å². The number of amides is 2. The van der Waals surface area contributed by atoms with Gasteiger partial charge < -0.3 is 5.73 Å². The second-order valence-corrected chi connectivity index (χ2v) is 5.72. The van der Waals surface area contributed by atoms with Gasteiger partial charge in [-0.3, -0.25) is 9.59 Å². The molecule has 2 amide bonds. The zero-order valence-electron chi connectivity index (χ0n) is 13.5. The molecule has 1 aromatic heterocycles. The summed E-state index contributed by atoms with van der Waals surface area (Å²) in [6.07, 6.45) is 3.15. The zero-order valence-corrected chi connectivity index (χ0v) is 14.2. The van der Waals surface area contributed by atoms with Crippen LogP contribution in [0, 0.1) is 0 Å². The van der Waals surface area contributed by atoms with Crippen molar-refractivity contribution in [3.05, 3.63) is 71.4 Å². The third-order valence-electron chi connectivity index (χ3n) is 3.45. The molecule has 0 spiro atoms. The lowest BCUT2D eigenvalue weighted by Gasteiger charge is -2.01. The zero-order chi connectivity index (χ0) is 18.5. The molecule has 1 heterocycles. The summed E-state index contributed by atoms with van der Waals surface area (Å²) < 4.78 is 1.69. The molecule has 3 aromatic rings. The molecule has 3 rings (SSSR count). The highest BCUT2D eigenvalue weighted by Gasteiger charge is 2.12. The van der Waals surface area contributed by atoms with Crippen molar-refractivity contribution in [3.63, 3.8) is 0 Å². The van der Waals surface area contributed by atoms with E-state index >= 15 is 0 Å². The van der Waals surface area contributed by atoms with E-state index in [4.69, 9.17) is 17.3 Å². The van der Waals surface area contributed by atoms with Gasteiger partial charge in [-0.25, -0.2) is 10.1 Å². The number of carbonyl (C=O) groups excluding carboxylic acids is 2. The largest absolute Gasteiger partial charge is 0.361 e. The molecule has 2 aromatic carbocycles. The number of primary amides is 1. The normalized spacial score (nSPS) is 10.8. The first kappa shape index (κ1) is 17.4. The molecular formula is C18H14ClN5O2. The smallest absolute Gasteiger partial charge is 0.329 e. The van der Waals surface area contributed by atoms with Gasteiger partial charge in [-0.2, -0.15) is 10.2 Å². The maximum atomic E-state index is 11.2. The van der Waals surface area contributed by atoms with Crippen molar-refractivity contribution in [1.29, 1.82) is 0 Å². The van der Waals surface area contributed by atoms with Gasteiger partial charge in [0.1, 0.15) is 5.69 Å². The number of rotatable bonds is 4. The molecule has 130 valence electrons. The number of hydrogen-bond acceptors (Lipinski definition) is 4. The van der Waals surface area contributed by atoms with Gasteiger partial charge in [0.25, 0.3) is 0 Å². The monoisotopic (exact) mass is 367 g/mol. The molecule has 0 aliphatic heterocycles. The van der Waals surface area contributed by atoms with Crippen LogP contribution >= 0.6 is 11.6 Å². The van der Waals surface area contributed by atoms with Gasteiger partial charge in [0.05, 0.1) is 11.9 Å². The van der Waals surface area contributed by atoms with E-state index in [-0.39, 0.29) is 0 Å². The number of nitrogens with two attached hydrogens (primary N) is 1. The van der Waals surface area contributed by atoms with Gasteiger partial charge >= 0.3 is 11.8 Å². The average Bonchev–Trinajstić information content (AvgIpc) is 3.06. The summed E-state index contributed by atoms with van der Waals surface area (Å²) in [5, 5.41) is 8.92. The van der Waals surface area contributed by atoms with Gasteiger partial charge in [-0.1, -0.05) is 41.9 Å². The van der Waals surface area contributed by atoms with Gasteiger partial charge in [-0.15, -0.1) is 0 Å². The number of aromatic nitrogens is 2. The van der Waals surface area contributed by atoms with E-state index in [0.717, 1.165) is 11.3 Å². The van der Waals surface area contributed by atoms with Crippen LogP contribution in [0.15, 0.2) is 65.9 Å². The Morgan fingerprint density at radius 2 is 1.92 bits per heavy atom. The third kappa shape index (κ3) is 3.96. The molecule has 0 unspecified atom stereocenters. The summed E-state index contributed by atoms with van der Waals surface area (Å²) in [5.41, 5.74) is 9.83. The van der Waals surface area contributed by atoms with E-state index in [1.54, 1.807) is 23.0 Å². The maximum Gasteiger partial charge on any atom is 0.329 e. The minimum Gasteiger partial charge on any atom is -0.361 e. The summed E-state index contributed by atoms with van der Waals surface area (Å²) in [7, 11) is 0. The van der Waals surface area contributed by atoms with E-state index in [1.165, 1.54) is 6.21 Å². The highest BCUT2D eigenvalue weighted by Crippen LogP contribution is 2.25. The Kier molecular flexibility index (Phi) is 5.09. The maximum absolute atomic E-state index is 11.2. The van der Waals surface area contributed by atoms with Crippen molar-refractivity contribution in [2.75, 3.05) is 0 Å². The van der Waals surface area contributed by atoms with Gasteiger partial charge in [0.15, 0.2) is 0 Å². The number of halogens is 1. The number of nitrogens with one attached hydrogen (secondary N) is 1. The Hall–Kier alpha value is -3.45. The van der Waals surface area contributed by atoms with Crippen molar-refractivity contribution in [3.8, 4) is 16.9 Å². The van der Waals surface area contributed by atoms with Crippen molar-refractivity contribution >= 4 is 29.6 Å². The van der Waals surface area contributed by atoms with Gasteiger partial charge in [-0.05, 0) is 24.3 Å². The average molecular weight is 368 g/mol. The van der Waals surface area contributed by atoms with Gasteiger partial charge in [0, 0.05) is 22.3 Å². The Balaban J connectivity index is 2.00. The van der Waals surface area contributed by atoms with Crippen LogP contribution in [0.4, 0.5) is 0 Å². The van der Waals surface area contributed by atoms with E-state index in [9.17, 15) is 9.59 Å². The van der Waals surface area contributed by atoms with Crippen LogP contribution in [0.5, 0.6) is 0 Å². The number of hydrogen-bond donors (Lipinski definition) is 2. The Morgan fingerprint density at radius 3 is 2.62 bits per heavy atom. The highest BCUT2D eigenvalue weighted by molar-refractivity contribution is 6.34. The lowest BCUT2D eigenvalue weighted by molar-refractivity contribution is -0.137. The fourth-order valence-electron chi connectivity index (χ4n) is 2.27. The quantitative estimate of drug-likeness (QED) is 0.419. The van der Waals surface area contributed by atoms with Crippen LogP contribution in [0.2, 0.25) is 5.02 Å². The predicted molar refractivity (Wildman–Crippen MR) is 98.9 cm³/mol.